The first kappa shape index (κ1) is 24.5. The van der Waals surface area contributed by atoms with Crippen LogP contribution in [-0.4, -0.2) is 0 Å². The Morgan fingerprint density at radius 2 is 0.929 bits per heavy atom. The molecule has 42 heavy (non-hydrogen) atoms. The van der Waals surface area contributed by atoms with Gasteiger partial charge in [0.1, 0.15) is 5.82 Å². The normalized spacial score (nSPS) is 11.6. The third-order valence-corrected chi connectivity index (χ3v) is 8.58. The molecule has 0 aromatic heterocycles. The van der Waals surface area contributed by atoms with Crippen molar-refractivity contribution >= 4 is 43.1 Å². The first-order valence-electron chi connectivity index (χ1n) is 14.4. The van der Waals surface area contributed by atoms with Gasteiger partial charge in [0.2, 0.25) is 0 Å². The first-order valence-corrected chi connectivity index (χ1v) is 14.4. The first-order chi connectivity index (χ1) is 20.7. The van der Waals surface area contributed by atoms with E-state index in [-0.39, 0.29) is 5.82 Å². The highest BCUT2D eigenvalue weighted by Gasteiger charge is 2.19. The van der Waals surface area contributed by atoms with Gasteiger partial charge in [-0.1, -0.05) is 127 Å². The summed E-state index contributed by atoms with van der Waals surface area (Å²) >= 11 is 0. The summed E-state index contributed by atoms with van der Waals surface area (Å²) in [6.45, 7) is 2.11. The van der Waals surface area contributed by atoms with Gasteiger partial charge in [0, 0.05) is 0 Å². The maximum absolute atomic E-state index is 14.1. The molecule has 1 heteroatoms. The van der Waals surface area contributed by atoms with Gasteiger partial charge < -0.3 is 0 Å². The number of hydrogen-bond acceptors (Lipinski definition) is 0. The monoisotopic (exact) mass is 538 g/mol. The van der Waals surface area contributed by atoms with E-state index in [2.05, 4.69) is 128 Å². The minimum absolute atomic E-state index is 0.230. The van der Waals surface area contributed by atoms with E-state index in [1.807, 2.05) is 12.1 Å². The van der Waals surface area contributed by atoms with Gasteiger partial charge in [0.25, 0.3) is 0 Å². The predicted octanol–water partition coefficient (Wildman–Crippen LogP) is 11.7. The molecule has 0 aliphatic carbocycles. The van der Waals surface area contributed by atoms with E-state index in [4.69, 9.17) is 0 Å². The lowest BCUT2D eigenvalue weighted by atomic mass is 9.83. The summed E-state index contributed by atoms with van der Waals surface area (Å²) in [7, 11) is 0. The third-order valence-electron chi connectivity index (χ3n) is 8.58. The fraction of sp³-hybridized carbons (Fsp3) is 0.0244. The second kappa shape index (κ2) is 9.68. The van der Waals surface area contributed by atoms with E-state index in [1.54, 1.807) is 12.1 Å². The van der Waals surface area contributed by atoms with Crippen molar-refractivity contribution in [3.05, 3.63) is 157 Å². The summed E-state index contributed by atoms with van der Waals surface area (Å²) < 4.78 is 14.1. The van der Waals surface area contributed by atoms with Crippen molar-refractivity contribution in [2.24, 2.45) is 0 Å². The molecule has 8 rings (SSSR count). The van der Waals surface area contributed by atoms with Crippen molar-refractivity contribution in [1.82, 2.24) is 0 Å². The topological polar surface area (TPSA) is 0 Å². The van der Waals surface area contributed by atoms with Crippen LogP contribution in [0.2, 0.25) is 0 Å². The zero-order valence-electron chi connectivity index (χ0n) is 23.2. The highest BCUT2D eigenvalue weighted by molar-refractivity contribution is 6.26. The predicted molar refractivity (Wildman–Crippen MR) is 177 cm³/mol. The van der Waals surface area contributed by atoms with E-state index in [9.17, 15) is 4.39 Å². The molecule has 8 aromatic rings. The molecule has 0 bridgehead atoms. The number of hydrogen-bond donors (Lipinski definition) is 0. The van der Waals surface area contributed by atoms with Crippen molar-refractivity contribution in [1.29, 1.82) is 0 Å². The molecular formula is C41H27F. The zero-order valence-corrected chi connectivity index (χ0v) is 23.2. The van der Waals surface area contributed by atoms with Gasteiger partial charge in [-0.3, -0.25) is 0 Å². The Morgan fingerprint density at radius 3 is 1.67 bits per heavy atom. The fourth-order valence-corrected chi connectivity index (χ4v) is 6.58. The van der Waals surface area contributed by atoms with E-state index >= 15 is 0 Å². The molecule has 0 N–H and O–H groups in total. The molecule has 0 amide bonds. The molecule has 0 aliphatic rings. The Bertz CT molecular complexity index is 2290. The van der Waals surface area contributed by atoms with Crippen molar-refractivity contribution in [3.63, 3.8) is 0 Å². The molecule has 0 heterocycles. The summed E-state index contributed by atoms with van der Waals surface area (Å²) in [5, 5.41) is 9.66. The molecule has 198 valence electrons. The highest BCUT2D eigenvalue weighted by atomic mass is 19.1. The molecule has 0 saturated heterocycles. The van der Waals surface area contributed by atoms with Gasteiger partial charge in [-0.05, 0) is 108 Å². The summed E-state index contributed by atoms with van der Waals surface area (Å²) in [5.74, 6) is -0.230. The summed E-state index contributed by atoms with van der Waals surface area (Å²) in [4.78, 5) is 0. The van der Waals surface area contributed by atoms with Gasteiger partial charge in [0.05, 0.1) is 0 Å². The van der Waals surface area contributed by atoms with Gasteiger partial charge >= 0.3 is 0 Å². The molecule has 0 atom stereocenters. The van der Waals surface area contributed by atoms with Crippen LogP contribution in [0.15, 0.2) is 146 Å². The number of fused-ring (bicyclic) bond motifs is 5. The standard InChI is InChI=1S/C41H27F/c1-26-14-16-27(17-15-26)29-20-23-37-39(24-29)40(28-18-21-31(42)22-19-28)35-12-6-7-13-36(35)41(37)38-25-30-8-2-3-9-32(30)33-10-4-5-11-34(33)38/h2-25H,1H3. The maximum Gasteiger partial charge on any atom is 0.123 e. The quantitative estimate of drug-likeness (QED) is 0.155. The van der Waals surface area contributed by atoms with Gasteiger partial charge in [-0.15, -0.1) is 0 Å². The minimum atomic E-state index is -0.230. The van der Waals surface area contributed by atoms with Gasteiger partial charge in [-0.25, -0.2) is 4.39 Å². The molecular weight excluding hydrogens is 511 g/mol. The number of rotatable bonds is 3. The smallest absolute Gasteiger partial charge is 0.123 e. The van der Waals surface area contributed by atoms with E-state index in [1.165, 1.54) is 54.6 Å². The maximum atomic E-state index is 14.1. The van der Waals surface area contributed by atoms with Crippen molar-refractivity contribution in [3.8, 4) is 33.4 Å². The van der Waals surface area contributed by atoms with E-state index in [0.29, 0.717) is 0 Å². The Labute approximate surface area is 244 Å². The Kier molecular flexibility index (Phi) is 5.65. The van der Waals surface area contributed by atoms with Gasteiger partial charge in [-0.2, -0.15) is 0 Å². The highest BCUT2D eigenvalue weighted by Crippen LogP contribution is 2.47. The average molecular weight is 539 g/mol. The fourth-order valence-electron chi connectivity index (χ4n) is 6.58. The average Bonchev–Trinajstić information content (AvgIpc) is 3.04. The number of benzene rings is 8. The lowest BCUT2D eigenvalue weighted by Gasteiger charge is -2.20. The zero-order chi connectivity index (χ0) is 28.2. The summed E-state index contributed by atoms with van der Waals surface area (Å²) in [6.07, 6.45) is 0. The van der Waals surface area contributed by atoms with Crippen LogP contribution in [0, 0.1) is 12.7 Å². The van der Waals surface area contributed by atoms with Crippen LogP contribution in [0.5, 0.6) is 0 Å². The van der Waals surface area contributed by atoms with E-state index < -0.39 is 0 Å². The third kappa shape index (κ3) is 3.89. The molecule has 0 radical (unpaired) electrons. The SMILES string of the molecule is Cc1ccc(-c2ccc3c(-c4cc5ccccc5c5ccccc45)c4ccccc4c(-c4ccc(F)cc4)c3c2)cc1. The number of halogens is 1. The van der Waals surface area contributed by atoms with Crippen molar-refractivity contribution in [2.75, 3.05) is 0 Å². The lowest BCUT2D eigenvalue weighted by molar-refractivity contribution is 0.628. The Hall–Kier alpha value is -5.27. The molecule has 0 spiro atoms. The van der Waals surface area contributed by atoms with Crippen LogP contribution in [0.25, 0.3) is 76.5 Å². The van der Waals surface area contributed by atoms with Crippen molar-refractivity contribution < 1.29 is 4.39 Å². The largest absolute Gasteiger partial charge is 0.207 e. The molecule has 0 unspecified atom stereocenters. The molecule has 0 aliphatic heterocycles. The van der Waals surface area contributed by atoms with Crippen LogP contribution >= 0.6 is 0 Å². The van der Waals surface area contributed by atoms with Crippen LogP contribution in [0.1, 0.15) is 5.56 Å². The second-order valence-corrected chi connectivity index (χ2v) is 11.1. The van der Waals surface area contributed by atoms with Gasteiger partial charge in [0.15, 0.2) is 0 Å². The second-order valence-electron chi connectivity index (χ2n) is 11.1. The molecule has 0 fully saturated rings. The number of aryl methyl sites for hydroxylation is 1. The molecule has 0 saturated carbocycles. The summed E-state index contributed by atoms with van der Waals surface area (Å²) in [5.41, 5.74) is 8.16. The summed E-state index contributed by atoms with van der Waals surface area (Å²) in [6, 6.07) is 50.8. The molecule has 8 aromatic carbocycles. The van der Waals surface area contributed by atoms with Crippen LogP contribution < -0.4 is 0 Å². The minimum Gasteiger partial charge on any atom is -0.207 e. The van der Waals surface area contributed by atoms with E-state index in [0.717, 1.165) is 27.5 Å². The Morgan fingerprint density at radius 1 is 0.381 bits per heavy atom. The van der Waals surface area contributed by atoms with Crippen molar-refractivity contribution in [2.45, 2.75) is 6.92 Å². The van der Waals surface area contributed by atoms with Crippen LogP contribution in [0.4, 0.5) is 4.39 Å². The Balaban J connectivity index is 1.56. The van der Waals surface area contributed by atoms with Crippen LogP contribution in [0.3, 0.4) is 0 Å². The van der Waals surface area contributed by atoms with Crippen LogP contribution in [-0.2, 0) is 0 Å². The lowest BCUT2D eigenvalue weighted by Crippen LogP contribution is -1.93. The molecule has 0 nitrogen and oxygen atoms in total.